The highest BCUT2D eigenvalue weighted by atomic mass is 35.5. The molecule has 0 aromatic heterocycles. The van der Waals surface area contributed by atoms with Gasteiger partial charge >= 0.3 is 0 Å². The van der Waals surface area contributed by atoms with Gasteiger partial charge in [-0.25, -0.2) is 0 Å². The molecular weight excluding hydrogens is 337 g/mol. The average Bonchev–Trinajstić information content (AvgIpc) is 2.35. The molecule has 8 heteroatoms. The van der Waals surface area contributed by atoms with Crippen LogP contribution in [0.3, 0.4) is 0 Å². The lowest BCUT2D eigenvalue weighted by Gasteiger charge is -2.15. The van der Waals surface area contributed by atoms with E-state index in [4.69, 9.17) is 16.2 Å². The molecule has 0 heterocycles. The van der Waals surface area contributed by atoms with Gasteiger partial charge in [-0.3, -0.25) is 0 Å². The van der Waals surface area contributed by atoms with Crippen molar-refractivity contribution in [2.24, 2.45) is 0 Å². The lowest BCUT2D eigenvalue weighted by atomic mass is 10.1. The van der Waals surface area contributed by atoms with E-state index in [9.17, 15) is 5.11 Å². The summed E-state index contributed by atoms with van der Waals surface area (Å²) in [5.74, 6) is 0.521. The molecule has 21 heavy (non-hydrogen) atoms. The van der Waals surface area contributed by atoms with Crippen LogP contribution in [0.1, 0.15) is 18.9 Å². The zero-order chi connectivity index (χ0) is 13.5. The first-order valence-electron chi connectivity index (χ1n) is 6.22. The molecule has 0 aliphatic heterocycles. The van der Waals surface area contributed by atoms with Crippen LogP contribution >= 0.6 is 37.2 Å². The minimum absolute atomic E-state index is 0. The summed E-state index contributed by atoms with van der Waals surface area (Å²) in [5.41, 5.74) is 13.5. The van der Waals surface area contributed by atoms with Crippen molar-refractivity contribution in [1.29, 1.82) is 0 Å². The van der Waals surface area contributed by atoms with Crippen molar-refractivity contribution in [1.82, 2.24) is 5.32 Å². The Kier molecular flexibility index (Phi) is 15.8. The van der Waals surface area contributed by atoms with Crippen molar-refractivity contribution in [3.8, 4) is 5.75 Å². The highest BCUT2D eigenvalue weighted by Crippen LogP contribution is 2.30. The fourth-order valence-electron chi connectivity index (χ4n) is 1.54. The van der Waals surface area contributed by atoms with Gasteiger partial charge in [0.05, 0.1) is 11.4 Å². The van der Waals surface area contributed by atoms with Gasteiger partial charge in [0.15, 0.2) is 0 Å². The fraction of sp³-hybridized carbons (Fsp3) is 0.538. The number of halogens is 3. The van der Waals surface area contributed by atoms with Crippen LogP contribution in [0.25, 0.3) is 0 Å². The minimum atomic E-state index is -0.557. The molecule has 1 aromatic rings. The number of hydrogen-bond acceptors (Lipinski definition) is 5. The molecule has 0 saturated carbocycles. The molecule has 1 aromatic carbocycles. The smallest absolute Gasteiger partial charge is 0.144 e. The molecule has 0 saturated heterocycles. The van der Waals surface area contributed by atoms with Crippen LogP contribution in [0, 0.1) is 6.92 Å². The summed E-state index contributed by atoms with van der Waals surface area (Å²) in [7, 11) is 0. The van der Waals surface area contributed by atoms with Crippen LogP contribution in [0.2, 0.25) is 0 Å². The lowest BCUT2D eigenvalue weighted by molar-refractivity contribution is 0.107. The third-order valence-corrected chi connectivity index (χ3v) is 2.70. The predicted octanol–water partition coefficient (Wildman–Crippen LogP) is 2.16. The van der Waals surface area contributed by atoms with E-state index < -0.39 is 6.10 Å². The van der Waals surface area contributed by atoms with Crippen molar-refractivity contribution >= 4 is 48.6 Å². The summed E-state index contributed by atoms with van der Waals surface area (Å²) in [5, 5.41) is 12.8. The number of nitrogens with one attached hydrogen (secondary N) is 1. The molecule has 0 amide bonds. The monoisotopic (exact) mass is 361 g/mol. The Morgan fingerprint density at radius 3 is 2.38 bits per heavy atom. The number of aliphatic hydroxyl groups excluding tert-OH is 1. The van der Waals surface area contributed by atoms with Crippen LogP contribution in [-0.4, -0.2) is 30.9 Å². The summed E-state index contributed by atoms with van der Waals surface area (Å²) < 4.78 is 5.47. The number of benzene rings is 1. The molecule has 0 spiro atoms. The number of rotatable bonds is 7. The number of anilines is 2. The molecule has 126 valence electrons. The van der Waals surface area contributed by atoms with Crippen LogP contribution in [-0.2, 0) is 0 Å². The number of hydrogen-bond donors (Lipinski definition) is 4. The van der Waals surface area contributed by atoms with E-state index in [0.29, 0.717) is 23.7 Å². The maximum atomic E-state index is 9.69. The first-order valence-corrected chi connectivity index (χ1v) is 6.22. The Balaban J connectivity index is -0.00000108. The Morgan fingerprint density at radius 2 is 1.81 bits per heavy atom. The standard InChI is InChI=1S/C13H23N3O2.3ClH/c1-3-6-16-7-10(17)8-18-11-5-4-9(2)12(14)13(11)15;;;/h4-5,10,16-17H,3,6-8,14-15H2,1-2H3;3*1H. The number of nitrogen functional groups attached to an aromatic ring is 2. The number of nitrogens with two attached hydrogens (primary N) is 2. The van der Waals surface area contributed by atoms with Crippen molar-refractivity contribution in [2.45, 2.75) is 26.4 Å². The normalized spacial score (nSPS) is 10.6. The summed E-state index contributed by atoms with van der Waals surface area (Å²) in [6.45, 7) is 5.56. The van der Waals surface area contributed by atoms with Gasteiger partial charge in [0.1, 0.15) is 18.5 Å². The second-order valence-electron chi connectivity index (χ2n) is 4.38. The van der Waals surface area contributed by atoms with Crippen LogP contribution in [0.15, 0.2) is 12.1 Å². The van der Waals surface area contributed by atoms with E-state index in [-0.39, 0.29) is 43.8 Å². The number of ether oxygens (including phenoxy) is 1. The van der Waals surface area contributed by atoms with Crippen molar-refractivity contribution in [3.05, 3.63) is 17.7 Å². The van der Waals surface area contributed by atoms with E-state index in [0.717, 1.165) is 18.5 Å². The Morgan fingerprint density at radius 1 is 1.19 bits per heavy atom. The molecule has 6 N–H and O–H groups in total. The molecule has 1 unspecified atom stereocenters. The highest BCUT2D eigenvalue weighted by molar-refractivity contribution is 5.86. The van der Waals surface area contributed by atoms with Crippen molar-refractivity contribution < 1.29 is 9.84 Å². The van der Waals surface area contributed by atoms with E-state index in [2.05, 4.69) is 12.2 Å². The summed E-state index contributed by atoms with van der Waals surface area (Å²) >= 11 is 0. The van der Waals surface area contributed by atoms with E-state index in [1.807, 2.05) is 13.0 Å². The maximum Gasteiger partial charge on any atom is 0.144 e. The van der Waals surface area contributed by atoms with Gasteiger partial charge in [-0.1, -0.05) is 13.0 Å². The zero-order valence-electron chi connectivity index (χ0n) is 12.3. The SMILES string of the molecule is CCCNCC(O)COc1ccc(C)c(N)c1N.Cl.Cl.Cl. The lowest BCUT2D eigenvalue weighted by Crippen LogP contribution is -2.31. The largest absolute Gasteiger partial charge is 0.489 e. The van der Waals surface area contributed by atoms with Crippen molar-refractivity contribution in [3.63, 3.8) is 0 Å². The van der Waals surface area contributed by atoms with Crippen LogP contribution < -0.4 is 21.5 Å². The molecule has 1 atom stereocenters. The molecule has 0 aliphatic carbocycles. The van der Waals surface area contributed by atoms with Gasteiger partial charge in [-0.15, -0.1) is 37.2 Å². The molecular formula is C13H26Cl3N3O2. The second-order valence-corrected chi connectivity index (χ2v) is 4.38. The summed E-state index contributed by atoms with van der Waals surface area (Å²) in [6, 6.07) is 3.62. The average molecular weight is 363 g/mol. The van der Waals surface area contributed by atoms with Gasteiger partial charge in [0.2, 0.25) is 0 Å². The van der Waals surface area contributed by atoms with Gasteiger partial charge in [0.25, 0.3) is 0 Å². The first kappa shape index (κ1) is 25.4. The van der Waals surface area contributed by atoms with Gasteiger partial charge < -0.3 is 26.6 Å². The van der Waals surface area contributed by atoms with E-state index in [1.165, 1.54) is 0 Å². The minimum Gasteiger partial charge on any atom is -0.489 e. The molecule has 0 bridgehead atoms. The van der Waals surface area contributed by atoms with Crippen molar-refractivity contribution in [2.75, 3.05) is 31.2 Å². The second kappa shape index (κ2) is 13.1. The Hall–Kier alpha value is -0.590. The zero-order valence-corrected chi connectivity index (χ0v) is 14.7. The third-order valence-electron chi connectivity index (χ3n) is 2.70. The van der Waals surface area contributed by atoms with E-state index >= 15 is 0 Å². The van der Waals surface area contributed by atoms with Gasteiger partial charge in [-0.2, -0.15) is 0 Å². The van der Waals surface area contributed by atoms with Crippen LogP contribution in [0.5, 0.6) is 5.75 Å². The summed E-state index contributed by atoms with van der Waals surface area (Å²) in [6.07, 6.45) is 0.480. The molecule has 5 nitrogen and oxygen atoms in total. The van der Waals surface area contributed by atoms with E-state index in [1.54, 1.807) is 6.07 Å². The van der Waals surface area contributed by atoms with Crippen LogP contribution in [0.4, 0.5) is 11.4 Å². The predicted molar refractivity (Wildman–Crippen MR) is 96.4 cm³/mol. The highest BCUT2D eigenvalue weighted by Gasteiger charge is 2.09. The molecule has 1 rings (SSSR count). The topological polar surface area (TPSA) is 93.5 Å². The Bertz CT molecular complexity index is 395. The third kappa shape index (κ3) is 8.44. The Labute approximate surface area is 145 Å². The van der Waals surface area contributed by atoms with Gasteiger partial charge in [-0.05, 0) is 31.5 Å². The molecule has 0 aliphatic rings. The molecule has 0 radical (unpaired) electrons. The first-order chi connectivity index (χ1) is 8.56. The fourth-order valence-corrected chi connectivity index (χ4v) is 1.54. The summed E-state index contributed by atoms with van der Waals surface area (Å²) in [4.78, 5) is 0. The maximum absolute atomic E-state index is 9.69. The number of aliphatic hydroxyl groups is 1. The quantitative estimate of drug-likeness (QED) is 0.440. The molecule has 0 fully saturated rings. The number of aryl methyl sites for hydroxylation is 1. The van der Waals surface area contributed by atoms with Gasteiger partial charge in [0, 0.05) is 6.54 Å².